The number of alkyl halides is 3. The summed E-state index contributed by atoms with van der Waals surface area (Å²) < 4.78 is 35.8. The quantitative estimate of drug-likeness (QED) is 0.857. The highest BCUT2D eigenvalue weighted by atomic mass is 79.9. The van der Waals surface area contributed by atoms with Crippen LogP contribution in [0.3, 0.4) is 0 Å². The first kappa shape index (κ1) is 10.5. The van der Waals surface area contributed by atoms with Crippen molar-refractivity contribution in [2.75, 3.05) is 0 Å². The molecule has 0 aliphatic rings. The molecule has 0 amide bonds. The Hall–Kier alpha value is -0.630. The van der Waals surface area contributed by atoms with Crippen LogP contribution in [0, 0.1) is 0 Å². The highest BCUT2D eigenvalue weighted by Crippen LogP contribution is 2.37. The van der Waals surface area contributed by atoms with Crippen molar-refractivity contribution in [2.45, 2.75) is 6.18 Å². The molecule has 1 aromatic heterocycles. The molecule has 13 heavy (non-hydrogen) atoms. The van der Waals surface area contributed by atoms with Gasteiger partial charge in [0, 0.05) is 0 Å². The summed E-state index contributed by atoms with van der Waals surface area (Å²) in [6, 6.07) is 0. The van der Waals surface area contributed by atoms with Crippen molar-refractivity contribution in [3.63, 3.8) is 0 Å². The van der Waals surface area contributed by atoms with Gasteiger partial charge in [-0.25, -0.2) is 9.78 Å². The molecule has 0 aromatic carbocycles. The number of carboxylic acids is 1. The van der Waals surface area contributed by atoms with Crippen LogP contribution in [-0.4, -0.2) is 16.1 Å². The summed E-state index contributed by atoms with van der Waals surface area (Å²) in [6.07, 6.45) is -4.62. The lowest BCUT2D eigenvalue weighted by molar-refractivity contribution is -0.141. The Bertz CT molecular complexity index is 348. The number of hydrogen-bond acceptors (Lipinski definition) is 3. The standard InChI is InChI=1S/C5HBrF3NO2S/c6-2-1(5(7,8)9)10-3(13-2)4(11)12/h(H,11,12). The molecule has 0 radical (unpaired) electrons. The second kappa shape index (κ2) is 3.26. The summed E-state index contributed by atoms with van der Waals surface area (Å²) >= 11 is 3.03. The maximum atomic E-state index is 12.0. The Kier molecular flexibility index (Phi) is 2.62. The molecule has 1 rings (SSSR count). The number of rotatable bonds is 1. The highest BCUT2D eigenvalue weighted by Gasteiger charge is 2.37. The summed E-state index contributed by atoms with van der Waals surface area (Å²) in [6.45, 7) is 0. The van der Waals surface area contributed by atoms with Crippen molar-refractivity contribution in [1.82, 2.24) is 4.98 Å². The Balaban J connectivity index is 3.18. The normalized spacial score (nSPS) is 11.7. The van der Waals surface area contributed by atoms with Gasteiger partial charge in [0.15, 0.2) is 5.69 Å². The zero-order valence-corrected chi connectivity index (χ0v) is 8.13. The monoisotopic (exact) mass is 275 g/mol. The second-order valence-corrected chi connectivity index (χ2v) is 4.26. The van der Waals surface area contributed by atoms with Crippen LogP contribution in [0.5, 0.6) is 0 Å². The van der Waals surface area contributed by atoms with E-state index in [1.165, 1.54) is 0 Å². The predicted octanol–water partition coefficient (Wildman–Crippen LogP) is 2.62. The molecule has 0 saturated carbocycles. The highest BCUT2D eigenvalue weighted by molar-refractivity contribution is 9.11. The van der Waals surface area contributed by atoms with Crippen molar-refractivity contribution < 1.29 is 23.1 Å². The second-order valence-electron chi connectivity index (χ2n) is 1.94. The third-order valence-corrected chi connectivity index (χ3v) is 2.73. The summed E-state index contributed by atoms with van der Waals surface area (Å²) in [5, 5.41) is 7.76. The van der Waals surface area contributed by atoms with Crippen LogP contribution in [-0.2, 0) is 6.18 Å². The average Bonchev–Trinajstić information content (AvgIpc) is 2.29. The van der Waals surface area contributed by atoms with Gasteiger partial charge in [-0.2, -0.15) is 13.2 Å². The maximum absolute atomic E-state index is 12.0. The molecule has 0 aliphatic heterocycles. The van der Waals surface area contributed by atoms with E-state index < -0.39 is 22.8 Å². The molecule has 1 N–H and O–H groups in total. The van der Waals surface area contributed by atoms with E-state index in [0.29, 0.717) is 11.3 Å². The molecular weight excluding hydrogens is 275 g/mol. The van der Waals surface area contributed by atoms with Crippen LogP contribution in [0.4, 0.5) is 13.2 Å². The number of carboxylic acid groups (broad SMARTS) is 1. The summed E-state index contributed by atoms with van der Waals surface area (Å²) in [5.41, 5.74) is -1.20. The Morgan fingerprint density at radius 1 is 1.54 bits per heavy atom. The van der Waals surface area contributed by atoms with Crippen LogP contribution in [0.2, 0.25) is 0 Å². The average molecular weight is 276 g/mol. The van der Waals surface area contributed by atoms with Gasteiger partial charge >= 0.3 is 12.1 Å². The molecule has 72 valence electrons. The summed E-state index contributed by atoms with van der Waals surface area (Å²) in [7, 11) is 0. The molecule has 0 atom stereocenters. The predicted molar refractivity (Wildman–Crippen MR) is 41.8 cm³/mol. The van der Waals surface area contributed by atoms with Gasteiger partial charge in [0.2, 0.25) is 5.01 Å². The topological polar surface area (TPSA) is 50.2 Å². The number of hydrogen-bond donors (Lipinski definition) is 1. The molecule has 1 aromatic rings. The molecule has 0 bridgehead atoms. The molecule has 0 saturated heterocycles. The third kappa shape index (κ3) is 2.19. The third-order valence-electron chi connectivity index (χ3n) is 1.04. The molecule has 0 fully saturated rings. The number of aromatic carboxylic acids is 1. The molecular formula is C5HBrF3NO2S. The number of aromatic nitrogens is 1. The van der Waals surface area contributed by atoms with E-state index in [1.807, 2.05) is 0 Å². The Labute approximate surface area is 82.3 Å². The number of nitrogens with zero attached hydrogens (tertiary/aromatic N) is 1. The van der Waals surface area contributed by atoms with Crippen molar-refractivity contribution in [3.05, 3.63) is 14.5 Å². The van der Waals surface area contributed by atoms with Crippen molar-refractivity contribution in [3.8, 4) is 0 Å². The van der Waals surface area contributed by atoms with E-state index in [0.717, 1.165) is 0 Å². The van der Waals surface area contributed by atoms with Gasteiger partial charge in [0.25, 0.3) is 0 Å². The fraction of sp³-hybridized carbons (Fsp3) is 0.200. The van der Waals surface area contributed by atoms with Gasteiger partial charge in [-0.15, -0.1) is 0 Å². The van der Waals surface area contributed by atoms with Gasteiger partial charge in [0.05, 0.1) is 0 Å². The van der Waals surface area contributed by atoms with Crippen LogP contribution in [0.25, 0.3) is 0 Å². The molecule has 3 nitrogen and oxygen atoms in total. The number of carbonyl (C=O) groups is 1. The lowest BCUT2D eigenvalue weighted by Crippen LogP contribution is -2.07. The zero-order chi connectivity index (χ0) is 10.2. The number of halogens is 4. The largest absolute Gasteiger partial charge is 0.476 e. The van der Waals surface area contributed by atoms with Gasteiger partial charge in [-0.1, -0.05) is 11.3 Å². The SMILES string of the molecule is O=C(O)c1nc(C(F)(F)F)c(Br)s1. The van der Waals surface area contributed by atoms with E-state index in [9.17, 15) is 18.0 Å². The molecule has 0 spiro atoms. The zero-order valence-electron chi connectivity index (χ0n) is 5.72. The van der Waals surface area contributed by atoms with E-state index in [4.69, 9.17) is 5.11 Å². The van der Waals surface area contributed by atoms with Crippen LogP contribution < -0.4 is 0 Å². The van der Waals surface area contributed by atoms with E-state index >= 15 is 0 Å². The van der Waals surface area contributed by atoms with Gasteiger partial charge in [-0.05, 0) is 15.9 Å². The maximum Gasteiger partial charge on any atom is 0.435 e. The summed E-state index contributed by atoms with van der Waals surface area (Å²) in [5.74, 6) is -1.47. The lowest BCUT2D eigenvalue weighted by atomic mass is 10.5. The Morgan fingerprint density at radius 2 is 2.08 bits per heavy atom. The smallest absolute Gasteiger partial charge is 0.435 e. The van der Waals surface area contributed by atoms with E-state index in [2.05, 4.69) is 20.9 Å². The first-order chi connectivity index (χ1) is 5.82. The van der Waals surface area contributed by atoms with Crippen LogP contribution in [0.15, 0.2) is 3.79 Å². The Morgan fingerprint density at radius 3 is 2.31 bits per heavy atom. The van der Waals surface area contributed by atoms with E-state index in [-0.39, 0.29) is 3.79 Å². The minimum atomic E-state index is -4.62. The number of thiazole rings is 1. The molecule has 1 heterocycles. The van der Waals surface area contributed by atoms with Gasteiger partial charge in [-0.3, -0.25) is 0 Å². The van der Waals surface area contributed by atoms with Gasteiger partial charge < -0.3 is 5.11 Å². The fourth-order valence-corrected chi connectivity index (χ4v) is 1.99. The minimum Gasteiger partial charge on any atom is -0.476 e. The van der Waals surface area contributed by atoms with Gasteiger partial charge in [0.1, 0.15) is 3.79 Å². The summed E-state index contributed by atoms with van der Waals surface area (Å²) in [4.78, 5) is 13.2. The van der Waals surface area contributed by atoms with E-state index in [1.54, 1.807) is 0 Å². The fourth-order valence-electron chi connectivity index (χ4n) is 0.568. The first-order valence-electron chi connectivity index (χ1n) is 2.79. The lowest BCUT2D eigenvalue weighted by Gasteiger charge is -2.00. The molecule has 8 heteroatoms. The molecule has 0 aliphatic carbocycles. The first-order valence-corrected chi connectivity index (χ1v) is 4.40. The van der Waals surface area contributed by atoms with Crippen LogP contribution in [0.1, 0.15) is 15.5 Å². The van der Waals surface area contributed by atoms with Crippen molar-refractivity contribution in [2.24, 2.45) is 0 Å². The van der Waals surface area contributed by atoms with Crippen molar-refractivity contribution in [1.29, 1.82) is 0 Å². The minimum absolute atomic E-state index is 0.322. The van der Waals surface area contributed by atoms with Crippen molar-refractivity contribution >= 4 is 33.2 Å². The van der Waals surface area contributed by atoms with Crippen LogP contribution >= 0.6 is 27.3 Å². The molecule has 0 unspecified atom stereocenters.